The average molecular weight is 607 g/mol. The highest BCUT2D eigenvalue weighted by atomic mass is 19.4. The van der Waals surface area contributed by atoms with Crippen LogP contribution in [-0.2, 0) is 20.8 Å². The minimum atomic E-state index is -5.08. The highest BCUT2D eigenvalue weighted by molar-refractivity contribution is 6.39. The number of alkyl halides is 3. The van der Waals surface area contributed by atoms with Gasteiger partial charge in [-0.25, -0.2) is 4.79 Å². The third-order valence-corrected chi connectivity index (χ3v) is 7.56. The SMILES string of the molecule is CC1CCN(CCc2cccc(NC(=O)C(=O)NCCCN3CCN(c4ccncc4)CC3)c2)CC1.O=C(O)C(F)(F)F. The van der Waals surface area contributed by atoms with Gasteiger partial charge in [0.05, 0.1) is 0 Å². The highest BCUT2D eigenvalue weighted by Crippen LogP contribution is 2.18. The monoisotopic (exact) mass is 606 g/mol. The summed E-state index contributed by atoms with van der Waals surface area (Å²) in [4.78, 5) is 44.9. The van der Waals surface area contributed by atoms with Gasteiger partial charge in [-0.15, -0.1) is 0 Å². The Bertz CT molecular complexity index is 1170. The van der Waals surface area contributed by atoms with Crippen LogP contribution in [0.2, 0.25) is 0 Å². The Morgan fingerprint density at radius 1 is 0.930 bits per heavy atom. The van der Waals surface area contributed by atoms with Crippen molar-refractivity contribution in [3.05, 3.63) is 54.4 Å². The number of piperidine rings is 1. The fourth-order valence-electron chi connectivity index (χ4n) is 4.93. The lowest BCUT2D eigenvalue weighted by molar-refractivity contribution is -0.192. The van der Waals surface area contributed by atoms with Crippen LogP contribution >= 0.6 is 0 Å². The molecule has 0 aliphatic carbocycles. The summed E-state index contributed by atoms with van der Waals surface area (Å²) in [6, 6.07) is 11.9. The van der Waals surface area contributed by atoms with Gasteiger partial charge in [-0.1, -0.05) is 19.1 Å². The lowest BCUT2D eigenvalue weighted by atomic mass is 9.99. The molecule has 0 atom stereocenters. The van der Waals surface area contributed by atoms with Gasteiger partial charge in [0.1, 0.15) is 0 Å². The van der Waals surface area contributed by atoms with Crippen LogP contribution in [0, 0.1) is 5.92 Å². The molecule has 2 saturated heterocycles. The van der Waals surface area contributed by atoms with E-state index in [0.717, 1.165) is 58.0 Å². The molecule has 43 heavy (non-hydrogen) atoms. The van der Waals surface area contributed by atoms with E-state index < -0.39 is 24.0 Å². The number of aliphatic carboxylic acids is 1. The summed E-state index contributed by atoms with van der Waals surface area (Å²) in [5.41, 5.74) is 3.06. The lowest BCUT2D eigenvalue weighted by Crippen LogP contribution is -2.47. The van der Waals surface area contributed by atoms with Crippen LogP contribution in [0.5, 0.6) is 0 Å². The number of carbonyl (C=O) groups excluding carboxylic acids is 2. The predicted molar refractivity (Wildman–Crippen MR) is 158 cm³/mol. The van der Waals surface area contributed by atoms with Gasteiger partial charge in [0.25, 0.3) is 0 Å². The summed E-state index contributed by atoms with van der Waals surface area (Å²) in [6.07, 6.45) is 2.88. The number of halogens is 3. The molecule has 3 N–H and O–H groups in total. The minimum Gasteiger partial charge on any atom is -0.475 e. The number of rotatable bonds is 9. The maximum atomic E-state index is 12.4. The van der Waals surface area contributed by atoms with Crippen molar-refractivity contribution in [3.8, 4) is 0 Å². The Morgan fingerprint density at radius 3 is 2.19 bits per heavy atom. The molecule has 2 fully saturated rings. The van der Waals surface area contributed by atoms with Crippen molar-refractivity contribution in [2.45, 2.75) is 38.8 Å². The van der Waals surface area contributed by atoms with Gasteiger partial charge in [-0.3, -0.25) is 19.5 Å². The normalized spacial score (nSPS) is 16.6. The van der Waals surface area contributed by atoms with Crippen LogP contribution in [0.15, 0.2) is 48.8 Å². The predicted octanol–water partition coefficient (Wildman–Crippen LogP) is 3.26. The first kappa shape index (κ1) is 33.8. The second-order valence-corrected chi connectivity index (χ2v) is 10.9. The number of hydrogen-bond acceptors (Lipinski definition) is 7. The number of carboxylic acids is 1. The number of pyridine rings is 1. The van der Waals surface area contributed by atoms with Crippen molar-refractivity contribution in [1.29, 1.82) is 0 Å². The number of benzene rings is 1. The first-order chi connectivity index (χ1) is 20.5. The molecule has 0 bridgehead atoms. The van der Waals surface area contributed by atoms with Crippen LogP contribution < -0.4 is 15.5 Å². The van der Waals surface area contributed by atoms with E-state index in [1.54, 1.807) is 0 Å². The van der Waals surface area contributed by atoms with E-state index in [1.807, 2.05) is 42.7 Å². The summed E-state index contributed by atoms with van der Waals surface area (Å²) >= 11 is 0. The van der Waals surface area contributed by atoms with Crippen molar-refractivity contribution < 1.29 is 32.7 Å². The van der Waals surface area contributed by atoms with E-state index in [-0.39, 0.29) is 0 Å². The summed E-state index contributed by atoms with van der Waals surface area (Å²) in [5, 5.41) is 12.6. The van der Waals surface area contributed by atoms with E-state index >= 15 is 0 Å². The molecule has 4 rings (SSSR count). The smallest absolute Gasteiger partial charge is 0.475 e. The van der Waals surface area contributed by atoms with Gasteiger partial charge >= 0.3 is 24.0 Å². The van der Waals surface area contributed by atoms with Crippen LogP contribution in [0.1, 0.15) is 31.7 Å². The number of hydrogen-bond donors (Lipinski definition) is 3. The molecular weight excluding hydrogens is 565 g/mol. The zero-order chi connectivity index (χ0) is 31.2. The number of likely N-dealkylation sites (tertiary alicyclic amines) is 1. The Hall–Kier alpha value is -3.71. The first-order valence-corrected chi connectivity index (χ1v) is 14.6. The molecule has 2 amide bonds. The standard InChI is InChI=1S/C28H40N6O2.C2HF3O2/c1-23-8-15-33(16-9-23)17-10-24-4-2-5-25(22-24)31-28(36)27(35)30-11-3-14-32-18-20-34(21-19-32)26-6-12-29-13-7-26;3-2(4,5)1(6)7/h2,4-7,12-13,22-23H,3,8-11,14-21H2,1H3,(H,30,35)(H,31,36);(H,6,7). The number of carbonyl (C=O) groups is 3. The van der Waals surface area contributed by atoms with E-state index in [9.17, 15) is 22.8 Å². The molecule has 2 aliphatic rings. The molecule has 0 radical (unpaired) electrons. The highest BCUT2D eigenvalue weighted by Gasteiger charge is 2.38. The number of piperazine rings is 1. The zero-order valence-electron chi connectivity index (χ0n) is 24.5. The van der Waals surface area contributed by atoms with Gasteiger partial charge in [0, 0.05) is 63.0 Å². The van der Waals surface area contributed by atoms with Gasteiger partial charge in [0.2, 0.25) is 0 Å². The quantitative estimate of drug-likeness (QED) is 0.294. The minimum absolute atomic E-state index is 0.491. The average Bonchev–Trinajstić information content (AvgIpc) is 3.00. The van der Waals surface area contributed by atoms with Crippen molar-refractivity contribution in [2.75, 3.05) is 69.1 Å². The summed E-state index contributed by atoms with van der Waals surface area (Å²) < 4.78 is 31.7. The van der Waals surface area contributed by atoms with Gasteiger partial charge in [0.15, 0.2) is 0 Å². The van der Waals surface area contributed by atoms with Crippen LogP contribution in [0.4, 0.5) is 24.5 Å². The topological polar surface area (TPSA) is 118 Å². The van der Waals surface area contributed by atoms with Crippen molar-refractivity contribution in [2.24, 2.45) is 5.92 Å². The van der Waals surface area contributed by atoms with Gasteiger partial charge < -0.3 is 25.5 Å². The molecule has 236 valence electrons. The Labute approximate surface area is 250 Å². The van der Waals surface area contributed by atoms with Crippen molar-refractivity contribution in [3.63, 3.8) is 0 Å². The number of anilines is 2. The van der Waals surface area contributed by atoms with Crippen LogP contribution in [0.25, 0.3) is 0 Å². The molecule has 2 aromatic rings. The fraction of sp³-hybridized carbons (Fsp3) is 0.533. The van der Waals surface area contributed by atoms with Crippen LogP contribution in [0.3, 0.4) is 0 Å². The molecular formula is C30H41F3N6O4. The molecule has 13 heteroatoms. The second kappa shape index (κ2) is 16.8. The number of nitrogens with one attached hydrogen (secondary N) is 2. The van der Waals surface area contributed by atoms with Gasteiger partial charge in [-0.2, -0.15) is 13.2 Å². The maximum Gasteiger partial charge on any atom is 0.490 e. The molecule has 0 saturated carbocycles. The van der Waals surface area contributed by atoms with E-state index in [1.165, 1.54) is 37.2 Å². The van der Waals surface area contributed by atoms with Crippen molar-refractivity contribution in [1.82, 2.24) is 20.1 Å². The van der Waals surface area contributed by atoms with E-state index in [0.29, 0.717) is 12.2 Å². The Kier molecular flexibility index (Phi) is 13.2. The molecule has 10 nitrogen and oxygen atoms in total. The first-order valence-electron chi connectivity index (χ1n) is 14.6. The number of amides is 2. The fourth-order valence-corrected chi connectivity index (χ4v) is 4.93. The molecule has 2 aliphatic heterocycles. The van der Waals surface area contributed by atoms with Gasteiger partial charge in [-0.05, 0) is 81.1 Å². The summed E-state index contributed by atoms with van der Waals surface area (Å²) in [7, 11) is 0. The zero-order valence-corrected chi connectivity index (χ0v) is 24.5. The number of nitrogens with zero attached hydrogens (tertiary/aromatic N) is 4. The molecule has 0 spiro atoms. The Balaban J connectivity index is 0.000000646. The van der Waals surface area contributed by atoms with Crippen molar-refractivity contribution >= 4 is 29.2 Å². The Morgan fingerprint density at radius 2 is 1.56 bits per heavy atom. The third kappa shape index (κ3) is 12.2. The molecule has 1 aromatic heterocycles. The summed E-state index contributed by atoms with van der Waals surface area (Å²) in [5.74, 6) is -3.11. The largest absolute Gasteiger partial charge is 0.490 e. The molecule has 0 unspecified atom stereocenters. The van der Waals surface area contributed by atoms with E-state index in [2.05, 4.69) is 43.3 Å². The molecule has 1 aromatic carbocycles. The number of aromatic nitrogens is 1. The maximum absolute atomic E-state index is 12.4. The third-order valence-electron chi connectivity index (χ3n) is 7.56. The molecule has 3 heterocycles. The van der Waals surface area contributed by atoms with E-state index in [4.69, 9.17) is 9.90 Å². The second-order valence-electron chi connectivity index (χ2n) is 10.9. The summed E-state index contributed by atoms with van der Waals surface area (Å²) in [6.45, 7) is 11.0. The lowest BCUT2D eigenvalue weighted by Gasteiger charge is -2.36. The van der Waals surface area contributed by atoms with Crippen LogP contribution in [-0.4, -0.2) is 103 Å². The number of carboxylic acid groups (broad SMARTS) is 1.